The third-order valence-corrected chi connectivity index (χ3v) is 4.98. The number of barbiturate groups is 1. The van der Waals surface area contributed by atoms with Gasteiger partial charge in [-0.25, -0.2) is 14.1 Å². The van der Waals surface area contributed by atoms with Crippen molar-refractivity contribution in [2.45, 2.75) is 6.92 Å². The van der Waals surface area contributed by atoms with Gasteiger partial charge in [0.25, 0.3) is 11.8 Å². The maximum atomic E-state index is 14.2. The molecule has 160 valence electrons. The molecule has 7 nitrogen and oxygen atoms in total. The predicted molar refractivity (Wildman–Crippen MR) is 121 cm³/mol. The number of carbonyl (C=O) groups is 3. The molecular weight excluding hydrogens is 518 g/mol. The summed E-state index contributed by atoms with van der Waals surface area (Å²) in [7, 11) is 0. The lowest BCUT2D eigenvalue weighted by atomic mass is 10.1. The zero-order chi connectivity index (χ0) is 22.5. The highest BCUT2D eigenvalue weighted by molar-refractivity contribution is 14.1. The van der Waals surface area contributed by atoms with Gasteiger partial charge in [0, 0.05) is 0 Å². The molecule has 31 heavy (non-hydrogen) atoms. The van der Waals surface area contributed by atoms with E-state index in [0.717, 1.165) is 6.07 Å². The second-order valence-corrected chi connectivity index (χ2v) is 7.43. The molecule has 0 aliphatic carbocycles. The number of hydrogen-bond acceptors (Lipinski definition) is 5. The number of anilines is 1. The number of para-hydroxylation sites is 1. The zero-order valence-corrected chi connectivity index (χ0v) is 18.6. The highest BCUT2D eigenvalue weighted by Crippen LogP contribution is 2.35. The average molecular weight is 536 g/mol. The van der Waals surface area contributed by atoms with E-state index in [2.05, 4.69) is 11.9 Å². The Kier molecular flexibility index (Phi) is 7.06. The van der Waals surface area contributed by atoms with E-state index in [0.29, 0.717) is 32.1 Å². The highest BCUT2D eigenvalue weighted by atomic mass is 127. The normalized spacial score (nSPS) is 15.1. The molecule has 0 atom stereocenters. The first-order valence-electron chi connectivity index (χ1n) is 9.23. The molecule has 2 aromatic carbocycles. The Labute approximate surface area is 191 Å². The summed E-state index contributed by atoms with van der Waals surface area (Å²) in [6.07, 6.45) is 2.92. The van der Waals surface area contributed by atoms with Crippen LogP contribution in [0.3, 0.4) is 0 Å². The van der Waals surface area contributed by atoms with Crippen molar-refractivity contribution in [2.75, 3.05) is 18.1 Å². The lowest BCUT2D eigenvalue weighted by Gasteiger charge is -2.26. The fourth-order valence-electron chi connectivity index (χ4n) is 2.89. The summed E-state index contributed by atoms with van der Waals surface area (Å²) in [4.78, 5) is 38.2. The van der Waals surface area contributed by atoms with Gasteiger partial charge in [-0.2, -0.15) is 0 Å². The van der Waals surface area contributed by atoms with Crippen LogP contribution < -0.4 is 19.7 Å². The fourth-order valence-corrected chi connectivity index (χ4v) is 3.67. The number of halogens is 2. The number of carbonyl (C=O) groups excluding carboxylic acids is 3. The van der Waals surface area contributed by atoms with E-state index in [1.165, 1.54) is 24.3 Å². The van der Waals surface area contributed by atoms with Gasteiger partial charge in [-0.3, -0.25) is 14.9 Å². The van der Waals surface area contributed by atoms with Gasteiger partial charge < -0.3 is 9.47 Å². The lowest BCUT2D eigenvalue weighted by Crippen LogP contribution is -2.54. The molecular formula is C22H18FIN2O5. The topological polar surface area (TPSA) is 84.9 Å². The number of imide groups is 2. The van der Waals surface area contributed by atoms with Gasteiger partial charge in [0.05, 0.1) is 15.9 Å². The van der Waals surface area contributed by atoms with Crippen molar-refractivity contribution in [1.29, 1.82) is 0 Å². The van der Waals surface area contributed by atoms with Crippen molar-refractivity contribution in [1.82, 2.24) is 5.32 Å². The van der Waals surface area contributed by atoms with Crippen molar-refractivity contribution in [3.05, 3.63) is 69.6 Å². The number of urea groups is 1. The first-order valence-corrected chi connectivity index (χ1v) is 10.3. The second kappa shape index (κ2) is 9.73. The second-order valence-electron chi connectivity index (χ2n) is 6.27. The Morgan fingerprint density at radius 2 is 1.94 bits per heavy atom. The van der Waals surface area contributed by atoms with E-state index in [1.54, 1.807) is 18.2 Å². The number of benzene rings is 2. The van der Waals surface area contributed by atoms with Crippen molar-refractivity contribution in [3.8, 4) is 11.5 Å². The average Bonchev–Trinajstić information content (AvgIpc) is 2.72. The first-order chi connectivity index (χ1) is 14.9. The Hall–Kier alpha value is -3.21. The van der Waals surface area contributed by atoms with Gasteiger partial charge in [-0.05, 0) is 65.4 Å². The molecule has 4 amide bonds. The number of nitrogens with one attached hydrogen (secondary N) is 1. The molecule has 1 aliphatic rings. The molecule has 1 fully saturated rings. The molecule has 3 rings (SSSR count). The molecule has 1 N–H and O–H groups in total. The van der Waals surface area contributed by atoms with Crippen LogP contribution >= 0.6 is 22.6 Å². The monoisotopic (exact) mass is 536 g/mol. The number of rotatable bonds is 7. The minimum Gasteiger partial charge on any atom is -0.490 e. The Morgan fingerprint density at radius 3 is 2.61 bits per heavy atom. The summed E-state index contributed by atoms with van der Waals surface area (Å²) in [5, 5.41) is 2.07. The van der Waals surface area contributed by atoms with Crippen LogP contribution in [0, 0.1) is 9.39 Å². The summed E-state index contributed by atoms with van der Waals surface area (Å²) in [5.41, 5.74) is -0.0952. The fraction of sp³-hybridized carbons (Fsp3) is 0.136. The predicted octanol–water partition coefficient (Wildman–Crippen LogP) is 4.06. The van der Waals surface area contributed by atoms with Gasteiger partial charge in [-0.15, -0.1) is 0 Å². The molecule has 1 saturated heterocycles. The van der Waals surface area contributed by atoms with Crippen molar-refractivity contribution < 1.29 is 28.2 Å². The molecule has 1 heterocycles. The van der Waals surface area contributed by atoms with Crippen molar-refractivity contribution >= 4 is 52.2 Å². The largest absolute Gasteiger partial charge is 0.490 e. The maximum absolute atomic E-state index is 14.2. The van der Waals surface area contributed by atoms with Crippen LogP contribution in [0.25, 0.3) is 6.08 Å². The van der Waals surface area contributed by atoms with Crippen LogP contribution in [-0.2, 0) is 9.59 Å². The summed E-state index contributed by atoms with van der Waals surface area (Å²) >= 11 is 2.05. The van der Waals surface area contributed by atoms with E-state index in [1.807, 2.05) is 29.5 Å². The number of hydrogen-bond donors (Lipinski definition) is 1. The SMILES string of the molecule is C=CCOc1c(I)cc(/C=C2/C(=O)NC(=O)N(c3ccccc3F)C2=O)cc1OCC. The summed E-state index contributed by atoms with van der Waals surface area (Å²) in [6, 6.07) is 7.60. The lowest BCUT2D eigenvalue weighted by molar-refractivity contribution is -0.122. The van der Waals surface area contributed by atoms with Gasteiger partial charge in [0.2, 0.25) is 0 Å². The molecule has 1 aliphatic heterocycles. The summed E-state index contributed by atoms with van der Waals surface area (Å²) in [5.74, 6) is -1.64. The Balaban J connectivity index is 2.04. The minimum atomic E-state index is -1.02. The van der Waals surface area contributed by atoms with Crippen molar-refractivity contribution in [2.24, 2.45) is 0 Å². The smallest absolute Gasteiger partial charge is 0.336 e. The minimum absolute atomic E-state index is 0.249. The molecule has 2 aromatic rings. The van der Waals surface area contributed by atoms with Gasteiger partial charge in [-0.1, -0.05) is 24.8 Å². The molecule has 0 radical (unpaired) electrons. The summed E-state index contributed by atoms with van der Waals surface area (Å²) in [6.45, 7) is 6.07. The molecule has 9 heteroatoms. The number of ether oxygens (including phenoxy) is 2. The van der Waals surface area contributed by atoms with Gasteiger partial charge in [0.15, 0.2) is 11.5 Å². The van der Waals surface area contributed by atoms with Crippen LogP contribution in [0.2, 0.25) is 0 Å². The third kappa shape index (κ3) is 4.76. The van der Waals surface area contributed by atoms with Crippen LogP contribution in [0.15, 0.2) is 54.6 Å². The quantitative estimate of drug-likeness (QED) is 0.250. The molecule has 0 bridgehead atoms. The first kappa shape index (κ1) is 22.5. The van der Waals surface area contributed by atoms with Gasteiger partial charge in [0.1, 0.15) is 18.0 Å². The van der Waals surface area contributed by atoms with Crippen LogP contribution in [0.4, 0.5) is 14.9 Å². The zero-order valence-electron chi connectivity index (χ0n) is 16.5. The summed E-state index contributed by atoms with van der Waals surface area (Å²) < 4.78 is 26.2. The number of nitrogens with zero attached hydrogens (tertiary/aromatic N) is 1. The van der Waals surface area contributed by atoms with E-state index < -0.39 is 23.7 Å². The Bertz CT molecular complexity index is 1100. The van der Waals surface area contributed by atoms with E-state index in [4.69, 9.17) is 9.47 Å². The van der Waals surface area contributed by atoms with E-state index in [9.17, 15) is 18.8 Å². The van der Waals surface area contributed by atoms with Crippen LogP contribution in [0.1, 0.15) is 12.5 Å². The third-order valence-electron chi connectivity index (χ3n) is 4.18. The molecule has 0 spiro atoms. The van der Waals surface area contributed by atoms with Crippen LogP contribution in [-0.4, -0.2) is 31.1 Å². The maximum Gasteiger partial charge on any atom is 0.336 e. The number of amides is 4. The van der Waals surface area contributed by atoms with Crippen LogP contribution in [0.5, 0.6) is 11.5 Å². The molecule has 0 aromatic heterocycles. The highest BCUT2D eigenvalue weighted by Gasteiger charge is 2.38. The molecule has 0 unspecified atom stereocenters. The van der Waals surface area contributed by atoms with E-state index in [-0.39, 0.29) is 17.9 Å². The standard InChI is InChI=1S/C22H18FIN2O5/c1-3-9-31-19-16(24)11-13(12-18(19)30-4-2)10-14-20(27)25-22(29)26(21(14)28)17-8-6-5-7-15(17)23/h3,5-8,10-12H,1,4,9H2,2H3,(H,25,27,29)/b14-10-. The van der Waals surface area contributed by atoms with Crippen molar-refractivity contribution in [3.63, 3.8) is 0 Å². The Morgan fingerprint density at radius 1 is 1.19 bits per heavy atom. The van der Waals surface area contributed by atoms with E-state index >= 15 is 0 Å². The molecule has 0 saturated carbocycles. The van der Waals surface area contributed by atoms with Gasteiger partial charge >= 0.3 is 6.03 Å².